The van der Waals surface area contributed by atoms with Crippen molar-refractivity contribution < 1.29 is 9.72 Å². The number of hydrogen-bond acceptors (Lipinski definition) is 4. The lowest BCUT2D eigenvalue weighted by Gasteiger charge is -2.00. The van der Waals surface area contributed by atoms with Gasteiger partial charge in [-0.15, -0.1) is 0 Å². The van der Waals surface area contributed by atoms with Gasteiger partial charge in [-0.2, -0.15) is 0 Å². The lowest BCUT2D eigenvalue weighted by atomic mass is 10.3. The highest BCUT2D eigenvalue weighted by atomic mass is 16.6. The minimum Gasteiger partial charge on any atom is -0.298 e. The van der Waals surface area contributed by atoms with Crippen molar-refractivity contribution in [3.05, 3.63) is 56.0 Å². The highest BCUT2D eigenvalue weighted by molar-refractivity contribution is 5.75. The molecule has 18 heavy (non-hydrogen) atoms. The number of aldehydes is 1. The van der Waals surface area contributed by atoms with E-state index < -0.39 is 10.5 Å². The Morgan fingerprint density at radius 1 is 1.33 bits per heavy atom. The molecule has 1 heterocycles. The van der Waals surface area contributed by atoms with E-state index in [4.69, 9.17) is 0 Å². The molecule has 0 unspecified atom stereocenters. The van der Waals surface area contributed by atoms with Crippen LogP contribution in [0.1, 0.15) is 16.1 Å². The van der Waals surface area contributed by atoms with Crippen molar-refractivity contribution in [2.45, 2.75) is 6.92 Å². The quantitative estimate of drug-likeness (QED) is 0.500. The summed E-state index contributed by atoms with van der Waals surface area (Å²) < 4.78 is 1.17. The molecule has 1 aromatic carbocycles. The molecule has 92 valence electrons. The Labute approximate surface area is 101 Å². The van der Waals surface area contributed by atoms with Crippen LogP contribution in [-0.4, -0.2) is 21.0 Å². The monoisotopic (exact) mass is 247 g/mol. The third kappa shape index (κ3) is 1.81. The lowest BCUT2D eigenvalue weighted by Crippen LogP contribution is -2.16. The number of aromatic amines is 1. The van der Waals surface area contributed by atoms with Gasteiger partial charge in [0.2, 0.25) is 0 Å². The first-order chi connectivity index (χ1) is 8.54. The highest BCUT2D eigenvalue weighted by Crippen LogP contribution is 2.14. The van der Waals surface area contributed by atoms with Crippen molar-refractivity contribution in [3.8, 4) is 5.69 Å². The van der Waals surface area contributed by atoms with Crippen LogP contribution in [-0.2, 0) is 0 Å². The summed E-state index contributed by atoms with van der Waals surface area (Å²) in [4.78, 5) is 32.5. The fourth-order valence-electron chi connectivity index (χ4n) is 1.60. The molecule has 0 spiro atoms. The predicted octanol–water partition coefficient (Wildman–Crippen LogP) is 1.19. The zero-order valence-electron chi connectivity index (χ0n) is 9.41. The highest BCUT2D eigenvalue weighted by Gasteiger charge is 2.12. The molecular formula is C11H9N3O4. The summed E-state index contributed by atoms with van der Waals surface area (Å²) >= 11 is 0. The van der Waals surface area contributed by atoms with Gasteiger partial charge in [0.1, 0.15) is 5.56 Å². The molecule has 7 nitrogen and oxygen atoms in total. The van der Waals surface area contributed by atoms with Crippen LogP contribution in [0.3, 0.4) is 0 Å². The van der Waals surface area contributed by atoms with E-state index in [0.717, 1.165) is 0 Å². The van der Waals surface area contributed by atoms with E-state index in [1.54, 1.807) is 6.92 Å². The molecule has 0 saturated heterocycles. The predicted molar refractivity (Wildman–Crippen MR) is 63.2 cm³/mol. The van der Waals surface area contributed by atoms with Crippen LogP contribution in [0.2, 0.25) is 0 Å². The maximum absolute atomic E-state index is 11.8. The van der Waals surface area contributed by atoms with Crippen molar-refractivity contribution in [3.63, 3.8) is 0 Å². The molecule has 2 aromatic rings. The van der Waals surface area contributed by atoms with Gasteiger partial charge in [0.15, 0.2) is 6.29 Å². The Morgan fingerprint density at radius 3 is 2.39 bits per heavy atom. The molecule has 0 aliphatic carbocycles. The molecule has 1 aromatic heterocycles. The molecule has 0 saturated carbocycles. The van der Waals surface area contributed by atoms with Gasteiger partial charge in [-0.25, -0.2) is 4.68 Å². The van der Waals surface area contributed by atoms with E-state index in [1.165, 1.54) is 28.9 Å². The van der Waals surface area contributed by atoms with Gasteiger partial charge >= 0.3 is 0 Å². The molecule has 0 atom stereocenters. The molecule has 0 aliphatic heterocycles. The summed E-state index contributed by atoms with van der Waals surface area (Å²) in [5.41, 5.74) is 0.394. The van der Waals surface area contributed by atoms with Crippen molar-refractivity contribution in [2.24, 2.45) is 0 Å². The standard InChI is InChI=1S/C11H9N3O4/c1-7-10(6-15)11(16)13(12-7)8-2-4-9(5-3-8)14(17)18/h2-6,12H,1H3. The maximum Gasteiger partial charge on any atom is 0.282 e. The Morgan fingerprint density at radius 2 is 1.94 bits per heavy atom. The number of aromatic nitrogens is 2. The Kier molecular flexibility index (Phi) is 2.80. The molecule has 0 bridgehead atoms. The number of nitrogens with one attached hydrogen (secondary N) is 1. The Hall–Kier alpha value is -2.70. The SMILES string of the molecule is Cc1[nH]n(-c2ccc([N+](=O)[O-])cc2)c(=O)c1C=O. The molecule has 0 radical (unpaired) electrons. The summed E-state index contributed by atoms with van der Waals surface area (Å²) in [6.07, 6.45) is 0.482. The summed E-state index contributed by atoms with van der Waals surface area (Å²) in [5.74, 6) is 0. The third-order valence-electron chi connectivity index (χ3n) is 2.55. The number of nitrogens with zero attached hydrogens (tertiary/aromatic N) is 2. The van der Waals surface area contributed by atoms with Crippen LogP contribution in [0, 0.1) is 17.0 Å². The summed E-state index contributed by atoms with van der Waals surface area (Å²) in [6.45, 7) is 1.60. The lowest BCUT2D eigenvalue weighted by molar-refractivity contribution is -0.384. The van der Waals surface area contributed by atoms with Crippen LogP contribution in [0.15, 0.2) is 29.1 Å². The smallest absolute Gasteiger partial charge is 0.282 e. The molecular weight excluding hydrogens is 238 g/mol. The second kappa shape index (κ2) is 4.28. The van der Waals surface area contributed by atoms with Crippen molar-refractivity contribution in [1.29, 1.82) is 0 Å². The molecule has 2 rings (SSSR count). The second-order valence-corrected chi connectivity index (χ2v) is 3.68. The number of nitro groups is 1. The fraction of sp³-hybridized carbons (Fsp3) is 0.0909. The number of rotatable bonds is 3. The average molecular weight is 247 g/mol. The van der Waals surface area contributed by atoms with Gasteiger partial charge in [0.25, 0.3) is 11.2 Å². The normalized spacial score (nSPS) is 10.3. The zero-order chi connectivity index (χ0) is 13.3. The van der Waals surface area contributed by atoms with E-state index in [0.29, 0.717) is 17.7 Å². The van der Waals surface area contributed by atoms with Crippen LogP contribution >= 0.6 is 0 Å². The number of aryl methyl sites for hydroxylation is 1. The summed E-state index contributed by atoms with van der Waals surface area (Å²) in [6, 6.07) is 5.45. The van der Waals surface area contributed by atoms with Gasteiger partial charge in [-0.1, -0.05) is 0 Å². The van der Waals surface area contributed by atoms with Gasteiger partial charge < -0.3 is 0 Å². The summed E-state index contributed by atoms with van der Waals surface area (Å²) in [7, 11) is 0. The van der Waals surface area contributed by atoms with Crippen LogP contribution < -0.4 is 5.56 Å². The van der Waals surface area contributed by atoms with Crippen LogP contribution in [0.5, 0.6) is 0 Å². The van der Waals surface area contributed by atoms with Crippen molar-refractivity contribution in [2.75, 3.05) is 0 Å². The fourth-order valence-corrected chi connectivity index (χ4v) is 1.60. The topological polar surface area (TPSA) is 98.0 Å². The number of carbonyl (C=O) groups excluding carboxylic acids is 1. The van der Waals surface area contributed by atoms with Gasteiger partial charge in [-0.05, 0) is 19.1 Å². The first-order valence-corrected chi connectivity index (χ1v) is 5.06. The van der Waals surface area contributed by atoms with E-state index in [-0.39, 0.29) is 11.3 Å². The second-order valence-electron chi connectivity index (χ2n) is 3.68. The average Bonchev–Trinajstić information content (AvgIpc) is 2.64. The molecule has 7 heteroatoms. The number of H-pyrrole nitrogens is 1. The minimum absolute atomic E-state index is 0.0494. The van der Waals surface area contributed by atoms with E-state index in [1.807, 2.05) is 0 Å². The molecule has 0 aliphatic rings. The number of nitro benzene ring substituents is 1. The largest absolute Gasteiger partial charge is 0.298 e. The van der Waals surface area contributed by atoms with E-state index in [2.05, 4.69) is 5.10 Å². The van der Waals surface area contributed by atoms with Crippen LogP contribution in [0.25, 0.3) is 5.69 Å². The minimum atomic E-state index is -0.524. The first kappa shape index (κ1) is 11.8. The molecule has 1 N–H and O–H groups in total. The van der Waals surface area contributed by atoms with Crippen LogP contribution in [0.4, 0.5) is 5.69 Å². The van der Waals surface area contributed by atoms with E-state index in [9.17, 15) is 19.7 Å². The first-order valence-electron chi connectivity index (χ1n) is 5.06. The molecule has 0 amide bonds. The van der Waals surface area contributed by atoms with Crippen molar-refractivity contribution >= 4 is 12.0 Å². The van der Waals surface area contributed by atoms with Gasteiger partial charge in [-0.3, -0.25) is 24.8 Å². The Bertz CT molecular complexity index is 667. The number of non-ortho nitro benzene ring substituents is 1. The third-order valence-corrected chi connectivity index (χ3v) is 2.55. The van der Waals surface area contributed by atoms with Crippen molar-refractivity contribution in [1.82, 2.24) is 9.78 Å². The number of benzene rings is 1. The van der Waals surface area contributed by atoms with Gasteiger partial charge in [0, 0.05) is 17.8 Å². The number of carbonyl (C=O) groups is 1. The van der Waals surface area contributed by atoms with Gasteiger partial charge in [0.05, 0.1) is 10.6 Å². The van der Waals surface area contributed by atoms with E-state index >= 15 is 0 Å². The maximum atomic E-state index is 11.8. The summed E-state index contributed by atoms with van der Waals surface area (Å²) in [5, 5.41) is 13.2. The molecule has 0 fully saturated rings. The number of hydrogen-bond donors (Lipinski definition) is 1. The zero-order valence-corrected chi connectivity index (χ0v) is 9.41. The Balaban J connectivity index is 2.53.